The van der Waals surface area contributed by atoms with Gasteiger partial charge in [-0.1, -0.05) is 17.7 Å². The molecule has 142 valence electrons. The number of nitrogens with zero attached hydrogens (tertiary/aromatic N) is 2. The smallest absolute Gasteiger partial charge is 0.272 e. The van der Waals surface area contributed by atoms with Crippen LogP contribution in [0.4, 0.5) is 14.5 Å². The molecule has 0 unspecified atom stereocenters. The summed E-state index contributed by atoms with van der Waals surface area (Å²) in [6, 6.07) is 8.18. The highest BCUT2D eigenvalue weighted by atomic mass is 35.5. The predicted molar refractivity (Wildman–Crippen MR) is 106 cm³/mol. The van der Waals surface area contributed by atoms with E-state index in [4.69, 9.17) is 11.6 Å². The zero-order valence-electron chi connectivity index (χ0n) is 14.4. The van der Waals surface area contributed by atoms with Crippen LogP contribution in [0, 0.1) is 18.6 Å². The number of aromatic nitrogens is 2. The van der Waals surface area contributed by atoms with Gasteiger partial charge in [-0.25, -0.2) is 13.8 Å². The summed E-state index contributed by atoms with van der Waals surface area (Å²) in [7, 11) is 0. The van der Waals surface area contributed by atoms with E-state index >= 15 is 0 Å². The van der Waals surface area contributed by atoms with E-state index in [1.54, 1.807) is 19.1 Å². The Morgan fingerprint density at radius 1 is 1.29 bits per heavy atom. The van der Waals surface area contributed by atoms with Crippen molar-refractivity contribution in [1.82, 2.24) is 9.55 Å². The molecule has 0 fully saturated rings. The van der Waals surface area contributed by atoms with Crippen LogP contribution in [0.1, 0.15) is 5.82 Å². The molecule has 4 rings (SSSR count). The van der Waals surface area contributed by atoms with Gasteiger partial charge in [0.2, 0.25) is 5.91 Å². The van der Waals surface area contributed by atoms with Gasteiger partial charge in [-0.05, 0) is 37.3 Å². The minimum absolute atomic E-state index is 0.0472. The van der Waals surface area contributed by atoms with E-state index in [-0.39, 0.29) is 27.8 Å². The van der Waals surface area contributed by atoms with Crippen LogP contribution in [0.15, 0.2) is 41.2 Å². The molecule has 1 amide bonds. The van der Waals surface area contributed by atoms with Crippen LogP contribution in [0.3, 0.4) is 0 Å². The van der Waals surface area contributed by atoms with E-state index in [2.05, 4.69) is 10.3 Å². The fraction of sp³-hybridized carbons (Fsp3) is 0.105. The molecule has 2 aromatic heterocycles. The molecule has 5 nitrogen and oxygen atoms in total. The van der Waals surface area contributed by atoms with Crippen molar-refractivity contribution in [1.29, 1.82) is 0 Å². The summed E-state index contributed by atoms with van der Waals surface area (Å²) in [4.78, 5) is 29.6. The Bertz CT molecular complexity index is 1320. The summed E-state index contributed by atoms with van der Waals surface area (Å²) < 4.78 is 29.4. The quantitative estimate of drug-likeness (QED) is 0.532. The van der Waals surface area contributed by atoms with Gasteiger partial charge in [0.05, 0.1) is 21.6 Å². The average molecular weight is 420 g/mol. The first-order chi connectivity index (χ1) is 13.3. The number of nitrogens with one attached hydrogen (secondary N) is 1. The highest BCUT2D eigenvalue weighted by Crippen LogP contribution is 2.32. The lowest BCUT2D eigenvalue weighted by molar-refractivity contribution is -0.116. The third kappa shape index (κ3) is 3.14. The van der Waals surface area contributed by atoms with Gasteiger partial charge in [0.15, 0.2) is 0 Å². The summed E-state index contributed by atoms with van der Waals surface area (Å²) in [5.41, 5.74) is 0.0963. The molecular formula is C19H12ClF2N3O2S. The number of thiophene rings is 1. The van der Waals surface area contributed by atoms with Gasteiger partial charge in [0.1, 0.15) is 28.7 Å². The van der Waals surface area contributed by atoms with Gasteiger partial charge in [-0.15, -0.1) is 11.3 Å². The number of amides is 1. The SMILES string of the molecule is Cc1nc2c(sc3cccc(F)c32)c(=O)n1CC(=O)Nc1ccc(F)cc1Cl. The van der Waals surface area contributed by atoms with E-state index in [9.17, 15) is 18.4 Å². The zero-order valence-corrected chi connectivity index (χ0v) is 16.0. The van der Waals surface area contributed by atoms with Gasteiger partial charge < -0.3 is 5.32 Å². The van der Waals surface area contributed by atoms with Crippen molar-refractivity contribution in [3.05, 3.63) is 69.2 Å². The first-order valence-electron chi connectivity index (χ1n) is 8.18. The molecule has 0 aliphatic heterocycles. The van der Waals surface area contributed by atoms with Crippen molar-refractivity contribution in [3.63, 3.8) is 0 Å². The maximum atomic E-state index is 14.2. The first-order valence-corrected chi connectivity index (χ1v) is 9.37. The highest BCUT2D eigenvalue weighted by molar-refractivity contribution is 7.25. The molecule has 0 saturated heterocycles. The van der Waals surface area contributed by atoms with E-state index in [0.717, 1.165) is 23.5 Å². The zero-order chi connectivity index (χ0) is 20.0. The molecular weight excluding hydrogens is 408 g/mol. The molecule has 1 N–H and O–H groups in total. The number of halogens is 3. The van der Waals surface area contributed by atoms with Crippen molar-refractivity contribution in [2.75, 3.05) is 5.32 Å². The lowest BCUT2D eigenvalue weighted by Gasteiger charge is -2.11. The van der Waals surface area contributed by atoms with Crippen LogP contribution in [-0.4, -0.2) is 15.5 Å². The maximum absolute atomic E-state index is 14.2. The molecule has 2 heterocycles. The largest absolute Gasteiger partial charge is 0.323 e. The number of fused-ring (bicyclic) bond motifs is 3. The van der Waals surface area contributed by atoms with Gasteiger partial charge in [-0.3, -0.25) is 14.2 Å². The Hall–Kier alpha value is -2.84. The summed E-state index contributed by atoms with van der Waals surface area (Å²) in [6.07, 6.45) is 0. The van der Waals surface area contributed by atoms with Gasteiger partial charge in [0, 0.05) is 4.70 Å². The third-order valence-electron chi connectivity index (χ3n) is 4.25. The molecule has 0 atom stereocenters. The van der Waals surface area contributed by atoms with Crippen molar-refractivity contribution in [2.45, 2.75) is 13.5 Å². The number of anilines is 1. The van der Waals surface area contributed by atoms with E-state index < -0.39 is 23.1 Å². The molecule has 0 aliphatic rings. The fourth-order valence-corrected chi connectivity index (χ4v) is 4.26. The minimum Gasteiger partial charge on any atom is -0.323 e. The van der Waals surface area contributed by atoms with Crippen LogP contribution in [-0.2, 0) is 11.3 Å². The number of rotatable bonds is 3. The second kappa shape index (κ2) is 6.96. The molecule has 0 saturated carbocycles. The number of hydrogen-bond donors (Lipinski definition) is 1. The van der Waals surface area contributed by atoms with Gasteiger partial charge in [-0.2, -0.15) is 0 Å². The number of aryl methyl sites for hydroxylation is 1. The predicted octanol–water partition coefficient (Wildman–Crippen LogP) is 4.49. The molecule has 2 aromatic carbocycles. The van der Waals surface area contributed by atoms with Gasteiger partial charge >= 0.3 is 0 Å². The molecule has 0 spiro atoms. The van der Waals surface area contributed by atoms with Crippen LogP contribution < -0.4 is 10.9 Å². The number of carbonyl (C=O) groups excluding carboxylic acids is 1. The normalized spacial score (nSPS) is 11.3. The lowest BCUT2D eigenvalue weighted by Crippen LogP contribution is -2.29. The third-order valence-corrected chi connectivity index (χ3v) is 5.69. The Morgan fingerprint density at radius 2 is 2.07 bits per heavy atom. The van der Waals surface area contributed by atoms with Crippen molar-refractivity contribution in [2.24, 2.45) is 0 Å². The highest BCUT2D eigenvalue weighted by Gasteiger charge is 2.18. The molecule has 4 aromatic rings. The van der Waals surface area contributed by atoms with Crippen molar-refractivity contribution in [3.8, 4) is 0 Å². The summed E-state index contributed by atoms with van der Waals surface area (Å²) in [6.45, 7) is 1.27. The van der Waals surface area contributed by atoms with E-state index in [1.165, 1.54) is 16.7 Å². The van der Waals surface area contributed by atoms with E-state index in [0.29, 0.717) is 15.6 Å². The maximum Gasteiger partial charge on any atom is 0.272 e. The summed E-state index contributed by atoms with van der Waals surface area (Å²) in [5, 5.41) is 2.89. The number of carbonyl (C=O) groups is 1. The Kier molecular flexibility index (Phi) is 4.60. The second-order valence-electron chi connectivity index (χ2n) is 6.12. The molecule has 0 aliphatic carbocycles. The molecule has 28 heavy (non-hydrogen) atoms. The van der Waals surface area contributed by atoms with Crippen LogP contribution in [0.25, 0.3) is 20.3 Å². The second-order valence-corrected chi connectivity index (χ2v) is 7.57. The summed E-state index contributed by atoms with van der Waals surface area (Å²) >= 11 is 7.04. The van der Waals surface area contributed by atoms with Crippen LogP contribution >= 0.6 is 22.9 Å². The van der Waals surface area contributed by atoms with Crippen LogP contribution in [0.5, 0.6) is 0 Å². The molecule has 0 bridgehead atoms. The van der Waals surface area contributed by atoms with Crippen molar-refractivity contribution >= 4 is 54.8 Å². The monoisotopic (exact) mass is 419 g/mol. The minimum atomic E-state index is -0.526. The topological polar surface area (TPSA) is 64.0 Å². The number of benzene rings is 2. The molecule has 0 radical (unpaired) electrons. The molecule has 9 heteroatoms. The van der Waals surface area contributed by atoms with Crippen LogP contribution in [0.2, 0.25) is 5.02 Å². The van der Waals surface area contributed by atoms with Gasteiger partial charge in [0.25, 0.3) is 5.56 Å². The average Bonchev–Trinajstić information content (AvgIpc) is 3.01. The first kappa shape index (κ1) is 18.5. The Labute approximate surface area is 166 Å². The lowest BCUT2D eigenvalue weighted by atomic mass is 10.2. The summed E-state index contributed by atoms with van der Waals surface area (Å²) in [5.74, 6) is -1.22. The Morgan fingerprint density at radius 3 is 2.82 bits per heavy atom. The number of hydrogen-bond acceptors (Lipinski definition) is 4. The Balaban J connectivity index is 1.72. The fourth-order valence-electron chi connectivity index (χ4n) is 2.94. The standard InChI is InChI=1S/C19H12ClF2N3O2S/c1-9-23-17-16-12(22)3-2-4-14(16)28-18(17)19(27)25(9)8-15(26)24-13-6-5-10(21)7-11(13)20/h2-7H,8H2,1H3,(H,24,26). The van der Waals surface area contributed by atoms with E-state index in [1.807, 2.05) is 0 Å². The van der Waals surface area contributed by atoms with Crippen molar-refractivity contribution < 1.29 is 13.6 Å².